The number of fused-ring (bicyclic) bond motifs is 1. The number of aromatic amines is 1. The molecular formula is C28H36N2O3. The van der Waals surface area contributed by atoms with Crippen LogP contribution in [0.3, 0.4) is 0 Å². The van der Waals surface area contributed by atoms with Crippen molar-refractivity contribution in [1.82, 2.24) is 10.3 Å². The van der Waals surface area contributed by atoms with Crippen LogP contribution in [0.2, 0.25) is 0 Å². The molecule has 0 aliphatic rings. The molecule has 176 valence electrons. The van der Waals surface area contributed by atoms with Crippen LogP contribution in [0.4, 0.5) is 0 Å². The van der Waals surface area contributed by atoms with Gasteiger partial charge in [-0.15, -0.1) is 0 Å². The lowest BCUT2D eigenvalue weighted by molar-refractivity contribution is -0.149. The first-order valence-electron chi connectivity index (χ1n) is 12.2. The molecule has 0 saturated carbocycles. The van der Waals surface area contributed by atoms with Crippen molar-refractivity contribution in [2.75, 3.05) is 0 Å². The predicted molar refractivity (Wildman–Crippen MR) is 133 cm³/mol. The average molecular weight is 449 g/mol. The van der Waals surface area contributed by atoms with E-state index in [2.05, 4.69) is 17.2 Å². The Labute approximate surface area is 196 Å². The number of unbranched alkanes of at least 4 members (excludes halogenated alkanes) is 6. The summed E-state index contributed by atoms with van der Waals surface area (Å²) in [5.74, 6) is -0.498. The summed E-state index contributed by atoms with van der Waals surface area (Å²) in [6.45, 7) is 2.40. The summed E-state index contributed by atoms with van der Waals surface area (Å²) in [5, 5.41) is 4.00. The van der Waals surface area contributed by atoms with Crippen LogP contribution in [0.5, 0.6) is 0 Å². The van der Waals surface area contributed by atoms with Crippen LogP contribution < -0.4 is 5.32 Å². The van der Waals surface area contributed by atoms with Crippen molar-refractivity contribution in [2.24, 2.45) is 0 Å². The highest BCUT2D eigenvalue weighted by atomic mass is 16.5. The van der Waals surface area contributed by atoms with Gasteiger partial charge in [-0.2, -0.15) is 0 Å². The van der Waals surface area contributed by atoms with E-state index in [-0.39, 0.29) is 12.5 Å². The standard InChI is InChI=1S/C28H36N2O3/c1-2-3-4-5-6-7-11-18-27(31)30-26(28(32)33-21-22-14-9-8-10-15-22)19-23-20-29-25-17-13-12-16-24(23)25/h8-10,12-17,20,26,29H,2-7,11,18-19,21H2,1H3,(H,30,31). The average Bonchev–Trinajstić information content (AvgIpc) is 3.25. The van der Waals surface area contributed by atoms with Crippen molar-refractivity contribution >= 4 is 22.8 Å². The summed E-state index contributed by atoms with van der Waals surface area (Å²) in [4.78, 5) is 28.8. The lowest BCUT2D eigenvalue weighted by Crippen LogP contribution is -2.43. The van der Waals surface area contributed by atoms with Gasteiger partial charge in [0.1, 0.15) is 12.6 Å². The molecule has 0 aliphatic heterocycles. The van der Waals surface area contributed by atoms with Gasteiger partial charge >= 0.3 is 5.97 Å². The number of hydrogen-bond donors (Lipinski definition) is 2. The molecule has 0 saturated heterocycles. The molecule has 3 aromatic rings. The fraction of sp³-hybridized carbons (Fsp3) is 0.429. The third kappa shape index (κ3) is 8.08. The Morgan fingerprint density at radius 1 is 0.909 bits per heavy atom. The normalized spacial score (nSPS) is 11.9. The van der Waals surface area contributed by atoms with E-state index in [9.17, 15) is 9.59 Å². The molecule has 2 N–H and O–H groups in total. The van der Waals surface area contributed by atoms with Gasteiger partial charge < -0.3 is 15.0 Å². The number of benzene rings is 2. The molecule has 1 heterocycles. The second-order valence-electron chi connectivity index (χ2n) is 8.65. The molecular weight excluding hydrogens is 412 g/mol. The number of ether oxygens (including phenoxy) is 1. The molecule has 33 heavy (non-hydrogen) atoms. The SMILES string of the molecule is CCCCCCCCCC(=O)NC(Cc1c[nH]c2ccccc12)C(=O)OCc1ccccc1. The molecule has 1 atom stereocenters. The Kier molecular flexibility index (Phi) is 10.0. The molecule has 5 heteroatoms. The fourth-order valence-corrected chi connectivity index (χ4v) is 4.05. The number of para-hydroxylation sites is 1. The van der Waals surface area contributed by atoms with Gasteiger partial charge in [-0.1, -0.05) is 94.0 Å². The number of aromatic nitrogens is 1. The number of rotatable bonds is 14. The van der Waals surface area contributed by atoms with Crippen molar-refractivity contribution in [1.29, 1.82) is 0 Å². The van der Waals surface area contributed by atoms with E-state index in [1.54, 1.807) is 0 Å². The van der Waals surface area contributed by atoms with Crippen molar-refractivity contribution in [2.45, 2.75) is 77.4 Å². The van der Waals surface area contributed by atoms with Crippen molar-refractivity contribution < 1.29 is 14.3 Å². The van der Waals surface area contributed by atoms with E-state index in [1.165, 1.54) is 25.7 Å². The minimum absolute atomic E-state index is 0.0925. The van der Waals surface area contributed by atoms with Crippen LogP contribution in [-0.4, -0.2) is 22.9 Å². The number of amides is 1. The number of esters is 1. The van der Waals surface area contributed by atoms with Gasteiger partial charge in [0.15, 0.2) is 0 Å². The summed E-state index contributed by atoms with van der Waals surface area (Å²) in [6, 6.07) is 16.8. The summed E-state index contributed by atoms with van der Waals surface area (Å²) in [5.41, 5.74) is 2.92. The number of carbonyl (C=O) groups excluding carboxylic acids is 2. The van der Waals surface area contributed by atoms with E-state index in [0.717, 1.165) is 41.3 Å². The first-order valence-corrected chi connectivity index (χ1v) is 12.2. The van der Waals surface area contributed by atoms with Gasteiger partial charge in [0, 0.05) is 29.9 Å². The molecule has 5 nitrogen and oxygen atoms in total. The third-order valence-corrected chi connectivity index (χ3v) is 5.95. The molecule has 1 amide bonds. The maximum atomic E-state index is 12.9. The van der Waals surface area contributed by atoms with E-state index >= 15 is 0 Å². The minimum atomic E-state index is -0.718. The Bertz CT molecular complexity index is 997. The Balaban J connectivity index is 1.57. The van der Waals surface area contributed by atoms with Gasteiger partial charge in [0.25, 0.3) is 0 Å². The minimum Gasteiger partial charge on any atom is -0.459 e. The Hall–Kier alpha value is -3.08. The topological polar surface area (TPSA) is 71.2 Å². The third-order valence-electron chi connectivity index (χ3n) is 5.95. The lowest BCUT2D eigenvalue weighted by atomic mass is 10.0. The van der Waals surface area contributed by atoms with Crippen LogP contribution >= 0.6 is 0 Å². The molecule has 0 spiro atoms. The van der Waals surface area contributed by atoms with Gasteiger partial charge in [0.2, 0.25) is 5.91 Å². The van der Waals surface area contributed by atoms with Crippen LogP contribution in [0.1, 0.15) is 69.4 Å². The van der Waals surface area contributed by atoms with Crippen LogP contribution in [0.25, 0.3) is 10.9 Å². The number of nitrogens with one attached hydrogen (secondary N) is 2. The van der Waals surface area contributed by atoms with Gasteiger partial charge in [-0.25, -0.2) is 4.79 Å². The summed E-state index contributed by atoms with van der Waals surface area (Å²) >= 11 is 0. The number of H-pyrrole nitrogens is 1. The molecule has 0 radical (unpaired) electrons. The zero-order chi connectivity index (χ0) is 23.3. The highest BCUT2D eigenvalue weighted by Crippen LogP contribution is 2.20. The maximum Gasteiger partial charge on any atom is 0.329 e. The molecule has 0 bridgehead atoms. The van der Waals surface area contributed by atoms with E-state index in [0.29, 0.717) is 12.8 Å². The number of carbonyl (C=O) groups is 2. The van der Waals surface area contributed by atoms with Crippen molar-refractivity contribution in [3.8, 4) is 0 Å². The van der Waals surface area contributed by atoms with Crippen molar-refractivity contribution in [3.63, 3.8) is 0 Å². The van der Waals surface area contributed by atoms with Gasteiger partial charge in [-0.05, 0) is 23.6 Å². The van der Waals surface area contributed by atoms with E-state index < -0.39 is 12.0 Å². The second-order valence-corrected chi connectivity index (χ2v) is 8.65. The lowest BCUT2D eigenvalue weighted by Gasteiger charge is -2.18. The molecule has 2 aromatic carbocycles. The van der Waals surface area contributed by atoms with Crippen molar-refractivity contribution in [3.05, 3.63) is 71.9 Å². The molecule has 0 fully saturated rings. The van der Waals surface area contributed by atoms with Crippen LogP contribution in [0, 0.1) is 0 Å². The largest absolute Gasteiger partial charge is 0.459 e. The zero-order valence-electron chi connectivity index (χ0n) is 19.6. The zero-order valence-corrected chi connectivity index (χ0v) is 19.6. The summed E-state index contributed by atoms with van der Waals surface area (Å²) in [7, 11) is 0. The Morgan fingerprint density at radius 2 is 1.61 bits per heavy atom. The van der Waals surface area contributed by atoms with Gasteiger partial charge in [-0.3, -0.25) is 4.79 Å². The highest BCUT2D eigenvalue weighted by Gasteiger charge is 2.24. The number of hydrogen-bond acceptors (Lipinski definition) is 3. The molecule has 1 unspecified atom stereocenters. The molecule has 3 rings (SSSR count). The second kappa shape index (κ2) is 13.5. The van der Waals surface area contributed by atoms with Crippen LogP contribution in [-0.2, 0) is 27.4 Å². The van der Waals surface area contributed by atoms with E-state index in [1.807, 2.05) is 60.8 Å². The van der Waals surface area contributed by atoms with E-state index in [4.69, 9.17) is 4.74 Å². The predicted octanol–water partition coefficient (Wildman–Crippen LogP) is 6.08. The first kappa shape index (κ1) is 24.6. The summed E-state index contributed by atoms with van der Waals surface area (Å²) < 4.78 is 5.57. The quantitative estimate of drug-likeness (QED) is 0.232. The summed E-state index contributed by atoms with van der Waals surface area (Å²) in [6.07, 6.45) is 10.8. The first-order chi connectivity index (χ1) is 16.2. The molecule has 1 aromatic heterocycles. The highest BCUT2D eigenvalue weighted by molar-refractivity contribution is 5.87. The fourth-order valence-electron chi connectivity index (χ4n) is 4.05. The maximum absolute atomic E-state index is 12.9. The monoisotopic (exact) mass is 448 g/mol. The Morgan fingerprint density at radius 3 is 2.39 bits per heavy atom. The van der Waals surface area contributed by atoms with Crippen LogP contribution in [0.15, 0.2) is 60.8 Å². The molecule has 0 aliphatic carbocycles. The smallest absolute Gasteiger partial charge is 0.329 e. The van der Waals surface area contributed by atoms with Gasteiger partial charge in [0.05, 0.1) is 0 Å².